The second kappa shape index (κ2) is 8.21. The summed E-state index contributed by atoms with van der Waals surface area (Å²) in [7, 11) is 1.16. The number of rotatable bonds is 7. The zero-order chi connectivity index (χ0) is 16.7. The van der Waals surface area contributed by atoms with Gasteiger partial charge in [0.2, 0.25) is 5.91 Å². The largest absolute Gasteiger partial charge is 0.467 e. The lowest BCUT2D eigenvalue weighted by atomic mass is 10.1. The number of carbonyl (C=O) groups excluding carboxylic acids is 3. The van der Waals surface area contributed by atoms with Crippen LogP contribution >= 0.6 is 0 Å². The molecule has 1 rings (SSSR count). The number of methoxy groups -OCH3 is 1. The van der Waals surface area contributed by atoms with E-state index in [1.54, 1.807) is 0 Å². The highest BCUT2D eigenvalue weighted by atomic mass is 19.1. The number of ketones is 1. The lowest BCUT2D eigenvalue weighted by Crippen LogP contribution is -2.42. The Labute approximate surface area is 126 Å². The number of nitrogens with one attached hydrogen (secondary N) is 1. The third-order valence-electron chi connectivity index (χ3n) is 2.89. The van der Waals surface area contributed by atoms with Crippen LogP contribution in [0.4, 0.5) is 8.78 Å². The van der Waals surface area contributed by atoms with Crippen LogP contribution in [0.25, 0.3) is 0 Å². The monoisotopic (exact) mass is 313 g/mol. The Morgan fingerprint density at radius 2 is 1.77 bits per heavy atom. The van der Waals surface area contributed by atoms with E-state index in [4.69, 9.17) is 0 Å². The molecular formula is C15H17F2NO4. The molecule has 0 aliphatic heterocycles. The van der Waals surface area contributed by atoms with Crippen LogP contribution in [-0.4, -0.2) is 30.8 Å². The van der Waals surface area contributed by atoms with E-state index in [-0.39, 0.29) is 30.6 Å². The molecule has 0 spiro atoms. The minimum absolute atomic E-state index is 0.102. The Hall–Kier alpha value is -2.31. The van der Waals surface area contributed by atoms with Crippen molar-refractivity contribution in [2.24, 2.45) is 0 Å². The van der Waals surface area contributed by atoms with Crippen LogP contribution in [0.15, 0.2) is 18.2 Å². The van der Waals surface area contributed by atoms with Gasteiger partial charge in [0.15, 0.2) is 0 Å². The first kappa shape index (κ1) is 17.7. The van der Waals surface area contributed by atoms with E-state index in [9.17, 15) is 23.2 Å². The van der Waals surface area contributed by atoms with Gasteiger partial charge in [-0.1, -0.05) is 0 Å². The molecule has 1 aromatic rings. The molecule has 0 fully saturated rings. The van der Waals surface area contributed by atoms with E-state index in [1.807, 2.05) is 0 Å². The Morgan fingerprint density at radius 1 is 1.18 bits per heavy atom. The van der Waals surface area contributed by atoms with Crippen molar-refractivity contribution in [3.8, 4) is 0 Å². The van der Waals surface area contributed by atoms with E-state index < -0.39 is 29.6 Å². The first-order valence-electron chi connectivity index (χ1n) is 6.63. The summed E-state index contributed by atoms with van der Waals surface area (Å²) < 4.78 is 30.6. The normalized spacial score (nSPS) is 11.6. The predicted octanol–water partition coefficient (Wildman–Crippen LogP) is 1.53. The molecule has 0 saturated carbocycles. The van der Waals surface area contributed by atoms with Crippen LogP contribution in [0, 0.1) is 11.6 Å². The maximum absolute atomic E-state index is 13.1. The number of ether oxygens (including phenoxy) is 1. The van der Waals surface area contributed by atoms with Crippen LogP contribution in [0.5, 0.6) is 0 Å². The van der Waals surface area contributed by atoms with Crippen LogP contribution in [-0.2, 0) is 25.5 Å². The summed E-state index contributed by atoms with van der Waals surface area (Å²) in [5.74, 6) is -2.98. The molecule has 22 heavy (non-hydrogen) atoms. The van der Waals surface area contributed by atoms with E-state index in [0.29, 0.717) is 6.07 Å². The first-order chi connectivity index (χ1) is 10.3. The molecule has 1 atom stereocenters. The van der Waals surface area contributed by atoms with Gasteiger partial charge >= 0.3 is 5.97 Å². The average molecular weight is 313 g/mol. The van der Waals surface area contributed by atoms with Crippen molar-refractivity contribution < 1.29 is 27.9 Å². The molecule has 120 valence electrons. The molecule has 1 amide bonds. The molecule has 5 nitrogen and oxygen atoms in total. The highest BCUT2D eigenvalue weighted by Crippen LogP contribution is 2.09. The summed E-state index contributed by atoms with van der Waals surface area (Å²) in [5, 5.41) is 2.40. The Bertz CT molecular complexity index is 554. The summed E-state index contributed by atoms with van der Waals surface area (Å²) >= 11 is 0. The summed E-state index contributed by atoms with van der Waals surface area (Å²) in [5.41, 5.74) is 0.144. The van der Waals surface area contributed by atoms with Crippen molar-refractivity contribution in [2.75, 3.05) is 7.11 Å². The Kier molecular flexibility index (Phi) is 6.62. The minimum Gasteiger partial charge on any atom is -0.467 e. The number of halogens is 2. The number of esters is 1. The molecule has 0 aliphatic rings. The van der Waals surface area contributed by atoms with Crippen molar-refractivity contribution >= 4 is 17.7 Å². The second-order valence-corrected chi connectivity index (χ2v) is 4.84. The predicted molar refractivity (Wildman–Crippen MR) is 73.9 cm³/mol. The number of amides is 1. The third-order valence-corrected chi connectivity index (χ3v) is 2.89. The van der Waals surface area contributed by atoms with Gasteiger partial charge in [0.1, 0.15) is 23.5 Å². The van der Waals surface area contributed by atoms with E-state index in [0.717, 1.165) is 19.2 Å². The van der Waals surface area contributed by atoms with Gasteiger partial charge in [-0.25, -0.2) is 13.6 Å². The van der Waals surface area contributed by atoms with Gasteiger partial charge in [0.25, 0.3) is 0 Å². The van der Waals surface area contributed by atoms with Crippen molar-refractivity contribution in [1.82, 2.24) is 5.32 Å². The summed E-state index contributed by atoms with van der Waals surface area (Å²) in [4.78, 5) is 34.4. The van der Waals surface area contributed by atoms with Gasteiger partial charge in [-0.2, -0.15) is 0 Å². The molecule has 0 unspecified atom stereocenters. The van der Waals surface area contributed by atoms with E-state index >= 15 is 0 Å². The van der Waals surface area contributed by atoms with Gasteiger partial charge in [0, 0.05) is 12.5 Å². The van der Waals surface area contributed by atoms with Crippen molar-refractivity contribution in [3.63, 3.8) is 0 Å². The quantitative estimate of drug-likeness (QED) is 0.775. The standard InChI is InChI=1S/C15H17F2NO4/c1-9(19)3-4-13(15(21)22-2)18-14(20)7-10-5-11(16)8-12(17)6-10/h5-6,8,13H,3-4,7H2,1-2H3,(H,18,20)/t13-/m0/s1. The number of hydrogen-bond donors (Lipinski definition) is 1. The van der Waals surface area contributed by atoms with Gasteiger partial charge in [-0.15, -0.1) is 0 Å². The molecule has 0 radical (unpaired) electrons. The van der Waals surface area contributed by atoms with Gasteiger partial charge < -0.3 is 14.8 Å². The number of hydrogen-bond acceptors (Lipinski definition) is 4. The fourth-order valence-electron chi connectivity index (χ4n) is 1.88. The van der Waals surface area contributed by atoms with Crippen LogP contribution in [0.2, 0.25) is 0 Å². The lowest BCUT2D eigenvalue weighted by molar-refractivity contribution is -0.145. The molecule has 0 aromatic heterocycles. The molecule has 0 heterocycles. The summed E-state index contributed by atoms with van der Waals surface area (Å²) in [6.07, 6.45) is -0.0812. The third kappa shape index (κ3) is 5.99. The highest BCUT2D eigenvalue weighted by Gasteiger charge is 2.22. The van der Waals surface area contributed by atoms with Crippen LogP contribution in [0.3, 0.4) is 0 Å². The topological polar surface area (TPSA) is 72.5 Å². The van der Waals surface area contributed by atoms with Crippen LogP contribution in [0.1, 0.15) is 25.3 Å². The van der Waals surface area contributed by atoms with Crippen molar-refractivity contribution in [3.05, 3.63) is 35.4 Å². The fourth-order valence-corrected chi connectivity index (χ4v) is 1.88. The molecular weight excluding hydrogens is 296 g/mol. The van der Waals surface area contributed by atoms with E-state index in [1.165, 1.54) is 6.92 Å². The lowest BCUT2D eigenvalue weighted by Gasteiger charge is -2.16. The Morgan fingerprint density at radius 3 is 2.27 bits per heavy atom. The maximum atomic E-state index is 13.1. The zero-order valence-electron chi connectivity index (χ0n) is 12.3. The second-order valence-electron chi connectivity index (χ2n) is 4.84. The number of carbonyl (C=O) groups is 3. The SMILES string of the molecule is COC(=O)[C@H](CCC(C)=O)NC(=O)Cc1cc(F)cc(F)c1. The zero-order valence-corrected chi connectivity index (χ0v) is 12.3. The van der Waals surface area contributed by atoms with Gasteiger partial charge in [-0.05, 0) is 31.0 Å². The van der Waals surface area contributed by atoms with Gasteiger partial charge in [0.05, 0.1) is 13.5 Å². The fraction of sp³-hybridized carbons (Fsp3) is 0.400. The number of benzene rings is 1. The van der Waals surface area contributed by atoms with Crippen LogP contribution < -0.4 is 5.32 Å². The molecule has 0 bridgehead atoms. The highest BCUT2D eigenvalue weighted by molar-refractivity contribution is 5.86. The maximum Gasteiger partial charge on any atom is 0.328 e. The summed E-state index contributed by atoms with van der Waals surface area (Å²) in [6.45, 7) is 1.37. The molecule has 0 aliphatic carbocycles. The molecule has 1 aromatic carbocycles. The molecule has 0 saturated heterocycles. The van der Waals surface area contributed by atoms with Crippen molar-refractivity contribution in [2.45, 2.75) is 32.2 Å². The first-order valence-corrected chi connectivity index (χ1v) is 6.63. The van der Waals surface area contributed by atoms with Gasteiger partial charge in [-0.3, -0.25) is 4.79 Å². The smallest absolute Gasteiger partial charge is 0.328 e. The van der Waals surface area contributed by atoms with Crippen molar-refractivity contribution in [1.29, 1.82) is 0 Å². The molecule has 1 N–H and O–H groups in total. The number of Topliss-reactive ketones (excluding diaryl/α,β-unsaturated/α-hetero) is 1. The molecule has 7 heteroatoms. The average Bonchev–Trinajstić information content (AvgIpc) is 2.41. The van der Waals surface area contributed by atoms with E-state index in [2.05, 4.69) is 10.1 Å². The minimum atomic E-state index is -0.972. The summed E-state index contributed by atoms with van der Waals surface area (Å²) in [6, 6.07) is 1.79. The Balaban J connectivity index is 2.69.